The minimum atomic E-state index is -1.43. The number of carboxylic acid groups (broad SMARTS) is 2. The number of anilines is 1. The van der Waals surface area contributed by atoms with Crippen LogP contribution in [-0.2, 0) is 38.4 Å². The van der Waals surface area contributed by atoms with E-state index in [0.717, 1.165) is 25.7 Å². The van der Waals surface area contributed by atoms with Crippen LogP contribution in [0.4, 0.5) is 5.69 Å². The Morgan fingerprint density at radius 3 is 2.20 bits per heavy atom. The highest BCUT2D eigenvalue weighted by Crippen LogP contribution is 2.25. The van der Waals surface area contributed by atoms with E-state index in [2.05, 4.69) is 59.5 Å². The number of rotatable bonds is 27. The molecular formula is C42H58N10O12S. The first-order chi connectivity index (χ1) is 31.0. The van der Waals surface area contributed by atoms with Gasteiger partial charge in [0.25, 0.3) is 11.8 Å². The molecule has 0 saturated heterocycles. The molecule has 22 nitrogen and oxygen atoms in total. The average Bonchev–Trinajstić information content (AvgIpc) is 3.83. The van der Waals surface area contributed by atoms with Crippen LogP contribution in [0.3, 0.4) is 0 Å². The molecule has 354 valence electrons. The Labute approximate surface area is 380 Å². The number of ketones is 2. The van der Waals surface area contributed by atoms with Gasteiger partial charge in [0.05, 0.1) is 24.8 Å². The smallest absolute Gasteiger partial charge is 0.326 e. The number of guanidine groups is 1. The summed E-state index contributed by atoms with van der Waals surface area (Å²) in [4.78, 5) is 125. The molecular weight excluding hydrogens is 869 g/mol. The molecule has 1 fully saturated rings. The number of benzene rings is 1. The molecule has 7 atom stereocenters. The second kappa shape index (κ2) is 25.3. The number of aliphatic imine (C=N–C) groups is 3. The predicted molar refractivity (Wildman–Crippen MR) is 239 cm³/mol. The zero-order chi connectivity index (χ0) is 47.6. The number of carboxylic acids is 2. The molecule has 0 aromatic heterocycles. The van der Waals surface area contributed by atoms with E-state index in [4.69, 9.17) is 5.73 Å². The highest BCUT2D eigenvalue weighted by molar-refractivity contribution is 7.80. The molecule has 23 heteroatoms. The zero-order valence-corrected chi connectivity index (χ0v) is 36.9. The summed E-state index contributed by atoms with van der Waals surface area (Å²) in [5, 5.41) is 44.8. The maximum atomic E-state index is 12.9. The Morgan fingerprint density at radius 2 is 1.55 bits per heavy atom. The van der Waals surface area contributed by atoms with Crippen molar-refractivity contribution in [3.8, 4) is 0 Å². The van der Waals surface area contributed by atoms with Crippen LogP contribution in [0.2, 0.25) is 0 Å². The van der Waals surface area contributed by atoms with Crippen LogP contribution in [0.25, 0.3) is 0 Å². The Hall–Kier alpha value is -6.23. The van der Waals surface area contributed by atoms with Gasteiger partial charge in [0.15, 0.2) is 24.0 Å². The topological polar surface area (TPSA) is 350 Å². The summed E-state index contributed by atoms with van der Waals surface area (Å²) in [6, 6.07) is 1.41. The van der Waals surface area contributed by atoms with Crippen LogP contribution in [0.1, 0.15) is 87.9 Å². The number of Topliss-reactive ketones (excluding diaryl/α,β-unsaturated/α-hetero) is 2. The van der Waals surface area contributed by atoms with Crippen molar-refractivity contribution in [1.82, 2.24) is 26.6 Å². The number of fused-ring (bicyclic) bond motifs is 1. The number of aliphatic hydroxyl groups is 1. The van der Waals surface area contributed by atoms with Gasteiger partial charge in [0.1, 0.15) is 23.9 Å². The number of nitrogens with zero attached hydrogens (tertiary/aromatic N) is 3. The van der Waals surface area contributed by atoms with Crippen molar-refractivity contribution < 1.29 is 58.5 Å². The van der Waals surface area contributed by atoms with Crippen LogP contribution in [0.15, 0.2) is 39.2 Å². The highest BCUT2D eigenvalue weighted by atomic mass is 32.1. The van der Waals surface area contributed by atoms with Crippen molar-refractivity contribution in [2.24, 2.45) is 38.5 Å². The van der Waals surface area contributed by atoms with Gasteiger partial charge in [-0.3, -0.25) is 48.9 Å². The van der Waals surface area contributed by atoms with E-state index in [1.54, 1.807) is 12.1 Å². The normalized spacial score (nSPS) is 19.1. The predicted octanol–water partition coefficient (Wildman–Crippen LogP) is -0.650. The summed E-state index contributed by atoms with van der Waals surface area (Å²) < 4.78 is 0. The van der Waals surface area contributed by atoms with Gasteiger partial charge in [-0.25, -0.2) is 14.6 Å². The molecule has 5 amide bonds. The summed E-state index contributed by atoms with van der Waals surface area (Å²) in [6.07, 6.45) is 3.55. The van der Waals surface area contributed by atoms with Crippen molar-refractivity contribution in [2.75, 3.05) is 30.8 Å². The number of aliphatic carboxylic acids is 2. The van der Waals surface area contributed by atoms with Gasteiger partial charge >= 0.3 is 11.9 Å². The van der Waals surface area contributed by atoms with E-state index >= 15 is 0 Å². The van der Waals surface area contributed by atoms with Gasteiger partial charge < -0.3 is 47.6 Å². The van der Waals surface area contributed by atoms with Crippen molar-refractivity contribution in [1.29, 1.82) is 0 Å². The molecule has 1 aromatic rings. The van der Waals surface area contributed by atoms with E-state index in [0.29, 0.717) is 17.8 Å². The summed E-state index contributed by atoms with van der Waals surface area (Å²) in [7, 11) is 0. The molecule has 0 spiro atoms. The minimum absolute atomic E-state index is 0.00404. The van der Waals surface area contributed by atoms with Gasteiger partial charge in [0, 0.05) is 60.9 Å². The molecule has 1 aliphatic carbocycles. The van der Waals surface area contributed by atoms with E-state index in [1.807, 2.05) is 0 Å². The molecule has 0 radical (unpaired) electrons. The lowest BCUT2D eigenvalue weighted by molar-refractivity contribution is -0.142. The van der Waals surface area contributed by atoms with Crippen LogP contribution >= 0.6 is 12.6 Å². The minimum Gasteiger partial charge on any atom is -0.480 e. The van der Waals surface area contributed by atoms with E-state index in [9.17, 15) is 58.5 Å². The van der Waals surface area contributed by atoms with Gasteiger partial charge in [-0.1, -0.05) is 19.8 Å². The Kier molecular flexibility index (Phi) is 20.0. The number of aliphatic hydroxyl groups excluding tert-OH is 1. The first-order valence-electron chi connectivity index (χ1n) is 21.5. The summed E-state index contributed by atoms with van der Waals surface area (Å²) in [5.74, 6) is -8.21. The van der Waals surface area contributed by atoms with Gasteiger partial charge in [-0.2, -0.15) is 12.6 Å². The van der Waals surface area contributed by atoms with Crippen molar-refractivity contribution in [3.05, 3.63) is 29.8 Å². The molecule has 1 aromatic carbocycles. The Balaban J connectivity index is 1.14. The van der Waals surface area contributed by atoms with E-state index in [-0.39, 0.29) is 80.7 Å². The van der Waals surface area contributed by atoms with Crippen LogP contribution < -0.4 is 37.6 Å². The number of hydrogen-bond acceptors (Lipinski definition) is 16. The maximum Gasteiger partial charge on any atom is 0.326 e. The zero-order valence-electron chi connectivity index (χ0n) is 36.0. The first-order valence-corrected chi connectivity index (χ1v) is 22.1. The SMILES string of the molecule is CC(CC(=O)CCC(NC(=O)c1ccc(NCC2=NC3C(=O)NC(N)=NC3N=C2)cc1)C(=O)O)C(=O)NC(CCCCNC(=O)C(CS)CC(=O)C(CO)NC(=O)C1CCCC1)C(=O)O. The first kappa shape index (κ1) is 51.4. The average molecular weight is 927 g/mol. The van der Waals surface area contributed by atoms with E-state index in [1.165, 1.54) is 25.3 Å². The number of thiol groups is 1. The number of carbonyl (C=O) groups excluding carboxylic acids is 7. The number of hydrogen-bond donors (Lipinski definition) is 11. The van der Waals surface area contributed by atoms with Gasteiger partial charge in [0.2, 0.25) is 17.7 Å². The fourth-order valence-electron chi connectivity index (χ4n) is 7.29. The Morgan fingerprint density at radius 1 is 0.877 bits per heavy atom. The molecule has 3 aliphatic rings. The van der Waals surface area contributed by atoms with Gasteiger partial charge in [-0.15, -0.1) is 0 Å². The third kappa shape index (κ3) is 16.1. The fraction of sp³-hybridized carbons (Fsp3) is 0.571. The quantitative estimate of drug-likeness (QED) is 0.0386. The largest absolute Gasteiger partial charge is 0.480 e. The number of unbranched alkanes of at least 4 members (excludes halogenated alkanes) is 1. The standard InChI is InChI=1S/C42H58N10O12S/c1-22(35(56)48-29(40(61)62)8-4-5-15-44-36(57)25(21-65)17-32(55)31(20-53)50-37(58)23-6-2-3-7-23)16-28(54)13-14-30(41(63)64)49-38(59)24-9-11-26(12-10-24)45-18-27-19-46-34-33(47-27)39(60)52-42(43)51-34/h9-12,19,22-23,25,29-31,33-34,45,53,65H,2-8,13-18,20-21H2,1H3,(H,44,57)(H,48,56)(H,49,59)(H,50,58)(H,61,62)(H,63,64)(H3,43,51,52,60). The van der Waals surface area contributed by atoms with Crippen molar-refractivity contribution in [3.63, 3.8) is 0 Å². The van der Waals surface area contributed by atoms with Crippen LogP contribution in [0, 0.1) is 17.8 Å². The number of amides is 5. The van der Waals surface area contributed by atoms with Crippen molar-refractivity contribution in [2.45, 2.75) is 108 Å². The third-order valence-corrected chi connectivity index (χ3v) is 11.6. The summed E-state index contributed by atoms with van der Waals surface area (Å²) in [5.41, 5.74) is 6.78. The molecule has 1 saturated carbocycles. The lowest BCUT2D eigenvalue weighted by Crippen LogP contribution is -2.52. The maximum absolute atomic E-state index is 12.9. The second-order valence-electron chi connectivity index (χ2n) is 16.2. The summed E-state index contributed by atoms with van der Waals surface area (Å²) in [6.45, 7) is 1.17. The number of nitrogens with two attached hydrogens (primary N) is 1. The molecule has 4 rings (SSSR count). The van der Waals surface area contributed by atoms with Gasteiger partial charge in [-0.05, 0) is 62.8 Å². The highest BCUT2D eigenvalue weighted by Gasteiger charge is 2.34. The molecule has 11 N–H and O–H groups in total. The van der Waals surface area contributed by atoms with Crippen LogP contribution in [-0.4, -0.2) is 142 Å². The molecule has 2 aliphatic heterocycles. The monoisotopic (exact) mass is 926 g/mol. The fourth-order valence-corrected chi connectivity index (χ4v) is 7.59. The van der Waals surface area contributed by atoms with Crippen molar-refractivity contribution >= 4 is 89.2 Å². The molecule has 7 unspecified atom stereocenters. The number of nitrogens with one attached hydrogen (secondary N) is 6. The molecule has 0 bridgehead atoms. The third-order valence-electron chi connectivity index (χ3n) is 11.2. The Bertz CT molecular complexity index is 2020. The van der Waals surface area contributed by atoms with E-state index < -0.39 is 95.9 Å². The summed E-state index contributed by atoms with van der Waals surface area (Å²) >= 11 is 4.19. The number of carbonyl (C=O) groups is 9. The lowest BCUT2D eigenvalue weighted by atomic mass is 9.98. The second-order valence-corrected chi connectivity index (χ2v) is 16.6. The molecule has 2 heterocycles. The molecule has 65 heavy (non-hydrogen) atoms. The van der Waals surface area contributed by atoms with Crippen LogP contribution in [0.5, 0.6) is 0 Å². The lowest BCUT2D eigenvalue weighted by Gasteiger charge is -2.25.